The van der Waals surface area contributed by atoms with Gasteiger partial charge in [-0.1, -0.05) is 6.92 Å². The van der Waals surface area contributed by atoms with Crippen LogP contribution in [0.2, 0.25) is 0 Å². The molecule has 0 aliphatic heterocycles. The van der Waals surface area contributed by atoms with Gasteiger partial charge in [-0.25, -0.2) is 9.97 Å². The summed E-state index contributed by atoms with van der Waals surface area (Å²) in [5, 5.41) is 5.03. The predicted octanol–water partition coefficient (Wildman–Crippen LogP) is 1.57. The van der Waals surface area contributed by atoms with Gasteiger partial charge in [0.15, 0.2) is 5.65 Å². The molecule has 2 aromatic heterocycles. The van der Waals surface area contributed by atoms with Crippen molar-refractivity contribution in [2.45, 2.75) is 32.7 Å². The maximum absolute atomic E-state index is 6.01. The van der Waals surface area contributed by atoms with Crippen molar-refractivity contribution in [3.05, 3.63) is 12.0 Å². The lowest BCUT2D eigenvalue weighted by Gasteiger charge is -2.20. The van der Waals surface area contributed by atoms with Gasteiger partial charge in [-0.3, -0.25) is 9.58 Å². The maximum atomic E-state index is 6.01. The van der Waals surface area contributed by atoms with E-state index in [9.17, 15) is 0 Å². The molecule has 1 saturated carbocycles. The van der Waals surface area contributed by atoms with Gasteiger partial charge in [0, 0.05) is 13.6 Å². The highest BCUT2D eigenvalue weighted by atomic mass is 15.3. The zero-order valence-electron chi connectivity index (χ0n) is 12.2. The summed E-state index contributed by atoms with van der Waals surface area (Å²) in [4.78, 5) is 11.5. The van der Waals surface area contributed by atoms with Gasteiger partial charge < -0.3 is 5.73 Å². The molecular weight excluding hydrogens is 252 g/mol. The molecule has 0 atom stereocenters. The highest BCUT2D eigenvalue weighted by Crippen LogP contribution is 2.30. The molecule has 0 radical (unpaired) electrons. The Labute approximate surface area is 119 Å². The fraction of sp³-hybridized carbons (Fsp3) is 0.643. The van der Waals surface area contributed by atoms with Gasteiger partial charge in [0.25, 0.3) is 0 Å². The second-order valence-electron chi connectivity index (χ2n) is 5.71. The summed E-state index contributed by atoms with van der Waals surface area (Å²) in [7, 11) is 1.88. The number of nitrogens with zero attached hydrogens (tertiary/aromatic N) is 5. The number of aromatic nitrogens is 4. The van der Waals surface area contributed by atoms with Crippen molar-refractivity contribution in [1.29, 1.82) is 0 Å². The van der Waals surface area contributed by atoms with Crippen LogP contribution in [0.5, 0.6) is 0 Å². The number of anilines is 1. The summed E-state index contributed by atoms with van der Waals surface area (Å²) < 4.78 is 1.75. The van der Waals surface area contributed by atoms with Crippen molar-refractivity contribution < 1.29 is 0 Å². The van der Waals surface area contributed by atoms with E-state index in [-0.39, 0.29) is 0 Å². The van der Waals surface area contributed by atoms with E-state index >= 15 is 0 Å². The van der Waals surface area contributed by atoms with E-state index in [1.165, 1.54) is 12.8 Å². The van der Waals surface area contributed by atoms with Gasteiger partial charge in [-0.2, -0.15) is 5.10 Å². The first-order valence-electron chi connectivity index (χ1n) is 7.33. The van der Waals surface area contributed by atoms with E-state index in [1.54, 1.807) is 10.9 Å². The average molecular weight is 274 g/mol. The number of nitrogen functional groups attached to an aromatic ring is 1. The third kappa shape index (κ3) is 2.75. The summed E-state index contributed by atoms with van der Waals surface area (Å²) in [6.45, 7) is 5.22. The zero-order chi connectivity index (χ0) is 14.1. The quantitative estimate of drug-likeness (QED) is 0.865. The minimum atomic E-state index is 0.529. The Kier molecular flexibility index (Phi) is 3.56. The molecule has 0 aromatic carbocycles. The molecule has 0 unspecified atom stereocenters. The van der Waals surface area contributed by atoms with Gasteiger partial charge in [-0.05, 0) is 31.7 Å². The molecular formula is C14H22N6. The highest BCUT2D eigenvalue weighted by Gasteiger charge is 2.24. The Morgan fingerprint density at radius 2 is 2.20 bits per heavy atom. The van der Waals surface area contributed by atoms with Crippen LogP contribution in [0.1, 0.15) is 32.0 Å². The van der Waals surface area contributed by atoms with E-state index in [0.717, 1.165) is 48.8 Å². The normalized spacial score (nSPS) is 15.3. The lowest BCUT2D eigenvalue weighted by molar-refractivity contribution is 0.249. The Morgan fingerprint density at radius 3 is 2.90 bits per heavy atom. The number of fused-ring (bicyclic) bond motifs is 1. The third-order valence-corrected chi connectivity index (χ3v) is 3.79. The second kappa shape index (κ2) is 5.36. The average Bonchev–Trinajstić information content (AvgIpc) is 3.13. The Balaban J connectivity index is 1.82. The fourth-order valence-corrected chi connectivity index (χ4v) is 2.58. The topological polar surface area (TPSA) is 72.9 Å². The van der Waals surface area contributed by atoms with Crippen LogP contribution < -0.4 is 5.73 Å². The van der Waals surface area contributed by atoms with E-state index in [1.807, 2.05) is 7.05 Å². The molecule has 3 rings (SSSR count). The fourth-order valence-electron chi connectivity index (χ4n) is 2.58. The van der Waals surface area contributed by atoms with Crippen molar-refractivity contribution in [3.63, 3.8) is 0 Å². The summed E-state index contributed by atoms with van der Waals surface area (Å²) in [6.07, 6.45) is 5.60. The molecule has 0 bridgehead atoms. The van der Waals surface area contributed by atoms with E-state index in [0.29, 0.717) is 5.82 Å². The lowest BCUT2D eigenvalue weighted by atomic mass is 10.3. The van der Waals surface area contributed by atoms with Crippen LogP contribution >= 0.6 is 0 Å². The van der Waals surface area contributed by atoms with E-state index < -0.39 is 0 Å². The molecule has 0 spiro atoms. The first-order chi connectivity index (χ1) is 9.67. The van der Waals surface area contributed by atoms with Gasteiger partial charge in [-0.15, -0.1) is 0 Å². The first-order valence-corrected chi connectivity index (χ1v) is 7.33. The lowest BCUT2D eigenvalue weighted by Crippen LogP contribution is -2.27. The number of rotatable bonds is 6. The number of hydrogen-bond donors (Lipinski definition) is 1. The monoisotopic (exact) mass is 274 g/mol. The van der Waals surface area contributed by atoms with Crippen LogP contribution in [0.15, 0.2) is 6.20 Å². The molecule has 1 aliphatic carbocycles. The Morgan fingerprint density at radius 1 is 1.40 bits per heavy atom. The number of nitrogens with two attached hydrogens (primary N) is 1. The van der Waals surface area contributed by atoms with Crippen LogP contribution in [0.4, 0.5) is 5.82 Å². The molecule has 1 aliphatic rings. The molecule has 6 heteroatoms. The maximum Gasteiger partial charge on any atom is 0.163 e. The molecule has 2 aromatic rings. The highest BCUT2D eigenvalue weighted by molar-refractivity contribution is 5.84. The standard InChI is InChI=1S/C14H22N6/c1-3-6-20(8-10-4-5-10)9-12-17-13(15)11-7-16-19(2)14(11)18-12/h7,10H,3-6,8-9H2,1-2H3,(H2,15,17,18). The van der Waals surface area contributed by atoms with Gasteiger partial charge in [0.1, 0.15) is 11.6 Å². The minimum Gasteiger partial charge on any atom is -0.383 e. The van der Waals surface area contributed by atoms with Crippen LogP contribution in [0, 0.1) is 5.92 Å². The molecule has 2 N–H and O–H groups in total. The molecule has 1 fully saturated rings. The largest absolute Gasteiger partial charge is 0.383 e. The van der Waals surface area contributed by atoms with Crippen LogP contribution in [-0.2, 0) is 13.6 Å². The molecule has 6 nitrogen and oxygen atoms in total. The first kappa shape index (κ1) is 13.3. The third-order valence-electron chi connectivity index (χ3n) is 3.79. The summed E-state index contributed by atoms with van der Waals surface area (Å²) in [6, 6.07) is 0. The molecule has 2 heterocycles. The van der Waals surface area contributed by atoms with Crippen molar-refractivity contribution >= 4 is 16.9 Å². The summed E-state index contributed by atoms with van der Waals surface area (Å²) in [5.41, 5.74) is 6.83. The summed E-state index contributed by atoms with van der Waals surface area (Å²) in [5.74, 6) is 2.20. The van der Waals surface area contributed by atoms with Crippen LogP contribution in [0.3, 0.4) is 0 Å². The molecule has 0 saturated heterocycles. The van der Waals surface area contributed by atoms with Crippen molar-refractivity contribution in [3.8, 4) is 0 Å². The number of aryl methyl sites for hydroxylation is 1. The SMILES string of the molecule is CCCN(Cc1nc(N)c2cnn(C)c2n1)CC1CC1. The van der Waals surface area contributed by atoms with Gasteiger partial charge >= 0.3 is 0 Å². The second-order valence-corrected chi connectivity index (χ2v) is 5.71. The predicted molar refractivity (Wildman–Crippen MR) is 79.0 cm³/mol. The van der Waals surface area contributed by atoms with E-state index in [2.05, 4.69) is 26.9 Å². The van der Waals surface area contributed by atoms with Crippen LogP contribution in [0.25, 0.3) is 11.0 Å². The Hall–Kier alpha value is -1.69. The van der Waals surface area contributed by atoms with Crippen molar-refractivity contribution in [2.24, 2.45) is 13.0 Å². The van der Waals surface area contributed by atoms with Gasteiger partial charge in [0.2, 0.25) is 0 Å². The smallest absolute Gasteiger partial charge is 0.163 e. The Bertz CT molecular complexity index is 601. The van der Waals surface area contributed by atoms with Crippen molar-refractivity contribution in [1.82, 2.24) is 24.6 Å². The molecule has 108 valence electrons. The summed E-state index contributed by atoms with van der Waals surface area (Å²) >= 11 is 0. The van der Waals surface area contributed by atoms with E-state index in [4.69, 9.17) is 5.73 Å². The molecule has 0 amide bonds. The number of hydrogen-bond acceptors (Lipinski definition) is 5. The van der Waals surface area contributed by atoms with Gasteiger partial charge in [0.05, 0.1) is 18.1 Å². The van der Waals surface area contributed by atoms with Crippen molar-refractivity contribution in [2.75, 3.05) is 18.8 Å². The zero-order valence-corrected chi connectivity index (χ0v) is 12.2. The van der Waals surface area contributed by atoms with Crippen LogP contribution in [-0.4, -0.2) is 37.7 Å². The minimum absolute atomic E-state index is 0.529. The molecule has 20 heavy (non-hydrogen) atoms.